The van der Waals surface area contributed by atoms with Gasteiger partial charge in [-0.2, -0.15) is 0 Å². The highest BCUT2D eigenvalue weighted by Crippen LogP contribution is 2.40. The van der Waals surface area contributed by atoms with Crippen molar-refractivity contribution in [1.29, 1.82) is 0 Å². The normalized spacial score (nSPS) is 11.3. The molecule has 0 atom stereocenters. The van der Waals surface area contributed by atoms with Gasteiger partial charge in [-0.05, 0) is 41.2 Å². The zero-order chi connectivity index (χ0) is 20.9. The van der Waals surface area contributed by atoms with Gasteiger partial charge < -0.3 is 4.74 Å². The van der Waals surface area contributed by atoms with Crippen molar-refractivity contribution >= 4 is 5.57 Å². The molecule has 0 fully saturated rings. The van der Waals surface area contributed by atoms with Crippen LogP contribution in [0.25, 0.3) is 16.7 Å². The molecule has 29 heavy (non-hydrogen) atoms. The Morgan fingerprint density at radius 1 is 1.00 bits per heavy atom. The van der Waals surface area contributed by atoms with Crippen LogP contribution in [0.1, 0.15) is 57.4 Å². The minimum atomic E-state index is 0.00667. The van der Waals surface area contributed by atoms with Crippen LogP contribution in [0.3, 0.4) is 0 Å². The van der Waals surface area contributed by atoms with Crippen LogP contribution in [-0.2, 0) is 5.41 Å². The first kappa shape index (κ1) is 20.9. The third-order valence-corrected chi connectivity index (χ3v) is 5.06. The molecule has 0 aliphatic heterocycles. The summed E-state index contributed by atoms with van der Waals surface area (Å²) in [5.41, 5.74) is 6.40. The summed E-state index contributed by atoms with van der Waals surface area (Å²) in [5.74, 6) is 0.994. The van der Waals surface area contributed by atoms with Gasteiger partial charge in [0.15, 0.2) is 0 Å². The number of para-hydroxylation sites is 1. The molecule has 0 unspecified atom stereocenters. The summed E-state index contributed by atoms with van der Waals surface area (Å²) in [4.78, 5) is 4.45. The number of aromatic nitrogens is 1. The van der Waals surface area contributed by atoms with Crippen molar-refractivity contribution < 1.29 is 4.74 Å². The first-order chi connectivity index (χ1) is 13.9. The van der Waals surface area contributed by atoms with Crippen LogP contribution in [0.4, 0.5) is 0 Å². The zero-order valence-corrected chi connectivity index (χ0v) is 18.0. The molecule has 0 bridgehead atoms. The Kier molecular flexibility index (Phi) is 6.53. The van der Waals surface area contributed by atoms with Gasteiger partial charge in [-0.3, -0.25) is 4.98 Å². The summed E-state index contributed by atoms with van der Waals surface area (Å²) < 4.78 is 6.34. The lowest BCUT2D eigenvalue weighted by molar-refractivity contribution is 0.302. The number of benzene rings is 2. The zero-order valence-electron chi connectivity index (χ0n) is 18.0. The van der Waals surface area contributed by atoms with Crippen LogP contribution in [0, 0.1) is 0 Å². The van der Waals surface area contributed by atoms with Crippen LogP contribution in [0.2, 0.25) is 0 Å². The summed E-state index contributed by atoms with van der Waals surface area (Å²) in [6.45, 7) is 13.9. The highest BCUT2D eigenvalue weighted by atomic mass is 16.5. The monoisotopic (exact) mass is 385 g/mol. The Bertz CT molecular complexity index is 967. The van der Waals surface area contributed by atoms with E-state index in [4.69, 9.17) is 4.74 Å². The lowest BCUT2D eigenvalue weighted by Gasteiger charge is -2.25. The first-order valence-corrected chi connectivity index (χ1v) is 10.4. The molecule has 1 aromatic heterocycles. The number of nitrogens with zero attached hydrogens (tertiary/aromatic N) is 1. The predicted molar refractivity (Wildman–Crippen MR) is 123 cm³/mol. The molecule has 3 rings (SSSR count). The fourth-order valence-electron chi connectivity index (χ4n) is 3.39. The van der Waals surface area contributed by atoms with E-state index in [2.05, 4.69) is 81.7 Å². The highest BCUT2D eigenvalue weighted by Gasteiger charge is 2.22. The summed E-state index contributed by atoms with van der Waals surface area (Å²) in [6.07, 6.45) is 3.97. The average Bonchev–Trinajstić information content (AvgIpc) is 2.73. The van der Waals surface area contributed by atoms with Crippen LogP contribution < -0.4 is 4.74 Å². The molecule has 1 heterocycles. The first-order valence-electron chi connectivity index (χ1n) is 10.4. The van der Waals surface area contributed by atoms with Crippen molar-refractivity contribution in [2.24, 2.45) is 0 Å². The fraction of sp³-hybridized carbons (Fsp3) is 0.296. The quantitative estimate of drug-likeness (QED) is 0.398. The van der Waals surface area contributed by atoms with E-state index >= 15 is 0 Å². The number of unbranched alkanes of at least 4 members (excludes halogenated alkanes) is 1. The Balaban J connectivity index is 2.05. The van der Waals surface area contributed by atoms with E-state index in [1.54, 1.807) is 6.20 Å². The van der Waals surface area contributed by atoms with Gasteiger partial charge in [0.05, 0.1) is 12.3 Å². The molecule has 2 heteroatoms. The van der Waals surface area contributed by atoms with Crippen molar-refractivity contribution in [2.75, 3.05) is 6.61 Å². The van der Waals surface area contributed by atoms with Crippen LogP contribution in [-0.4, -0.2) is 11.6 Å². The molecule has 0 aliphatic carbocycles. The minimum absolute atomic E-state index is 0.00667. The third kappa shape index (κ3) is 4.95. The second-order valence-corrected chi connectivity index (χ2v) is 8.41. The van der Waals surface area contributed by atoms with E-state index in [0.717, 1.165) is 53.2 Å². The van der Waals surface area contributed by atoms with Crippen LogP contribution in [0.5, 0.6) is 5.75 Å². The summed E-state index contributed by atoms with van der Waals surface area (Å²) in [5, 5.41) is 0. The van der Waals surface area contributed by atoms with Gasteiger partial charge in [-0.1, -0.05) is 83.2 Å². The van der Waals surface area contributed by atoms with Crippen molar-refractivity contribution in [1.82, 2.24) is 4.98 Å². The number of hydrogen-bond acceptors (Lipinski definition) is 2. The third-order valence-electron chi connectivity index (χ3n) is 5.06. The maximum absolute atomic E-state index is 6.34. The average molecular weight is 386 g/mol. The number of hydrogen-bond donors (Lipinski definition) is 0. The Morgan fingerprint density at radius 3 is 2.48 bits per heavy atom. The molecular weight excluding hydrogens is 354 g/mol. The van der Waals surface area contributed by atoms with E-state index < -0.39 is 0 Å². The van der Waals surface area contributed by atoms with Crippen LogP contribution in [0.15, 0.2) is 73.4 Å². The molecule has 2 nitrogen and oxygen atoms in total. The largest absolute Gasteiger partial charge is 0.493 e. The summed E-state index contributed by atoms with van der Waals surface area (Å²) >= 11 is 0. The maximum atomic E-state index is 6.34. The topological polar surface area (TPSA) is 22.1 Å². The summed E-state index contributed by atoms with van der Waals surface area (Å²) in [6, 6.07) is 20.9. The Morgan fingerprint density at radius 2 is 1.79 bits per heavy atom. The van der Waals surface area contributed by atoms with E-state index in [1.165, 1.54) is 5.56 Å². The number of pyridine rings is 1. The van der Waals surface area contributed by atoms with Gasteiger partial charge >= 0.3 is 0 Å². The summed E-state index contributed by atoms with van der Waals surface area (Å²) in [7, 11) is 0. The van der Waals surface area contributed by atoms with Crippen LogP contribution >= 0.6 is 0 Å². The smallest absolute Gasteiger partial charge is 0.130 e. The van der Waals surface area contributed by atoms with E-state index in [1.807, 2.05) is 18.2 Å². The molecule has 2 aromatic carbocycles. The maximum Gasteiger partial charge on any atom is 0.130 e. The van der Waals surface area contributed by atoms with Gasteiger partial charge in [-0.15, -0.1) is 0 Å². The molecule has 0 amide bonds. The number of ether oxygens (including phenoxy) is 1. The van der Waals surface area contributed by atoms with Gasteiger partial charge in [-0.25, -0.2) is 0 Å². The Hall–Kier alpha value is -2.87. The van der Waals surface area contributed by atoms with Crippen molar-refractivity contribution in [3.8, 4) is 16.9 Å². The molecule has 0 N–H and O–H groups in total. The Labute approximate surface area is 175 Å². The van der Waals surface area contributed by atoms with Gasteiger partial charge in [0, 0.05) is 22.9 Å². The number of rotatable bonds is 7. The molecule has 0 radical (unpaired) electrons. The molecule has 0 aliphatic rings. The van der Waals surface area contributed by atoms with E-state index in [0.29, 0.717) is 0 Å². The van der Waals surface area contributed by atoms with Gasteiger partial charge in [0.25, 0.3) is 0 Å². The fourth-order valence-corrected chi connectivity index (χ4v) is 3.39. The van der Waals surface area contributed by atoms with Gasteiger partial charge in [0.1, 0.15) is 5.75 Å². The van der Waals surface area contributed by atoms with Crippen molar-refractivity contribution in [3.05, 3.63) is 90.3 Å². The van der Waals surface area contributed by atoms with Gasteiger partial charge in [0.2, 0.25) is 0 Å². The molecule has 3 aromatic rings. The second-order valence-electron chi connectivity index (χ2n) is 8.41. The SMILES string of the molecule is C=C(c1cccc(-c2cccc(C(C)(C)C)c2OCCCC)c1)c1ccccn1. The predicted octanol–water partition coefficient (Wildman–Crippen LogP) is 7.29. The van der Waals surface area contributed by atoms with E-state index in [9.17, 15) is 0 Å². The lowest BCUT2D eigenvalue weighted by atomic mass is 9.84. The minimum Gasteiger partial charge on any atom is -0.493 e. The van der Waals surface area contributed by atoms with Crippen molar-refractivity contribution in [3.63, 3.8) is 0 Å². The lowest BCUT2D eigenvalue weighted by Crippen LogP contribution is -2.14. The highest BCUT2D eigenvalue weighted by molar-refractivity contribution is 5.81. The molecule has 150 valence electrons. The van der Waals surface area contributed by atoms with Crippen molar-refractivity contribution in [2.45, 2.75) is 46.0 Å². The molecule has 0 saturated heterocycles. The van der Waals surface area contributed by atoms with E-state index in [-0.39, 0.29) is 5.41 Å². The standard InChI is InChI=1S/C27H31NO/c1-6-7-18-29-26-23(14-11-15-24(26)27(3,4)5)22-13-10-12-21(19-22)20(2)25-16-8-9-17-28-25/h8-17,19H,2,6-7,18H2,1,3-5H3. The molecule has 0 spiro atoms. The second kappa shape index (κ2) is 9.09. The molecule has 0 saturated carbocycles. The molecular formula is C27H31NO.